The van der Waals surface area contributed by atoms with E-state index in [1.54, 1.807) is 13.1 Å². The van der Waals surface area contributed by atoms with Crippen LogP contribution in [0.4, 0.5) is 0 Å². The second-order valence-corrected chi connectivity index (χ2v) is 5.94. The number of aromatic hydroxyl groups is 1. The van der Waals surface area contributed by atoms with E-state index in [0.29, 0.717) is 34.7 Å². The second kappa shape index (κ2) is 4.60. The minimum absolute atomic E-state index is 0.0197. The number of hydrogen-bond acceptors (Lipinski definition) is 7. The highest BCUT2D eigenvalue weighted by Crippen LogP contribution is 2.50. The summed E-state index contributed by atoms with van der Waals surface area (Å²) in [5.41, 5.74) is 2.03. The van der Waals surface area contributed by atoms with Gasteiger partial charge >= 0.3 is 0 Å². The molecule has 0 saturated carbocycles. The summed E-state index contributed by atoms with van der Waals surface area (Å²) in [6.07, 6.45) is -1.98. The zero-order valence-corrected chi connectivity index (χ0v) is 11.9. The van der Waals surface area contributed by atoms with Gasteiger partial charge in [-0.3, -0.25) is 4.90 Å². The van der Waals surface area contributed by atoms with Crippen LogP contribution in [0.3, 0.4) is 0 Å². The zero-order valence-electron chi connectivity index (χ0n) is 11.9. The molecule has 0 aromatic heterocycles. The van der Waals surface area contributed by atoms with Crippen LogP contribution in [0.25, 0.3) is 5.57 Å². The molecule has 0 saturated heterocycles. The van der Waals surface area contributed by atoms with Crippen molar-refractivity contribution in [1.29, 1.82) is 0 Å². The Morgan fingerprint density at radius 2 is 1.95 bits per heavy atom. The van der Waals surface area contributed by atoms with Crippen LogP contribution >= 0.6 is 0 Å². The number of phenolic OH excluding ortho intramolecular Hbond substituents is 1. The third-order valence-corrected chi connectivity index (χ3v) is 4.63. The van der Waals surface area contributed by atoms with Crippen molar-refractivity contribution in [3.63, 3.8) is 0 Å². The molecule has 118 valence electrons. The fraction of sp³-hybridized carbons (Fsp3) is 0.467. The maximum absolute atomic E-state index is 10.4. The lowest BCUT2D eigenvalue weighted by molar-refractivity contribution is -0.0718. The normalized spacial score (nSPS) is 33.2. The number of phenols is 1. The van der Waals surface area contributed by atoms with Crippen LogP contribution in [0.5, 0.6) is 17.2 Å². The van der Waals surface area contributed by atoms with Crippen molar-refractivity contribution < 1.29 is 29.9 Å². The fourth-order valence-corrected chi connectivity index (χ4v) is 3.53. The number of aliphatic hydroxyl groups excluding tert-OH is 3. The Hall–Kier alpha value is -1.80. The first kappa shape index (κ1) is 13.8. The predicted octanol–water partition coefficient (Wildman–Crippen LogP) is -0.585. The molecule has 22 heavy (non-hydrogen) atoms. The van der Waals surface area contributed by atoms with E-state index in [9.17, 15) is 20.4 Å². The maximum atomic E-state index is 10.4. The van der Waals surface area contributed by atoms with E-state index in [2.05, 4.69) is 0 Å². The lowest BCUT2D eigenvalue weighted by atomic mass is 9.78. The van der Waals surface area contributed by atoms with Crippen LogP contribution in [0.1, 0.15) is 11.1 Å². The molecule has 2 heterocycles. The molecule has 2 aliphatic heterocycles. The standard InChI is InChI=1S/C15H17NO6/c1-16-4-8-6(3-10-15(12(8)18)22-5-21-10)7-2-9(17)13(19)14(20)11(7)16/h2-3,9,11,13-14,17-20H,4-5H2,1H3/t9-,11+,13+,14-/m0/s1. The highest BCUT2D eigenvalue weighted by Gasteiger charge is 2.44. The fourth-order valence-electron chi connectivity index (χ4n) is 3.53. The summed E-state index contributed by atoms with van der Waals surface area (Å²) < 4.78 is 10.6. The minimum Gasteiger partial charge on any atom is -0.504 e. The minimum atomic E-state index is -1.24. The summed E-state index contributed by atoms with van der Waals surface area (Å²) in [5, 5.41) is 40.5. The van der Waals surface area contributed by atoms with Crippen molar-refractivity contribution in [2.24, 2.45) is 0 Å². The SMILES string of the molecule is CN1Cc2c(cc3c(c2O)OCO3)C2=C[C@H](O)[C@@H](O)[C@@H](O)[C@@H]21. The van der Waals surface area contributed by atoms with Gasteiger partial charge in [0.15, 0.2) is 11.5 Å². The number of benzene rings is 1. The monoisotopic (exact) mass is 307 g/mol. The molecule has 4 atom stereocenters. The maximum Gasteiger partial charge on any atom is 0.231 e. The molecule has 7 nitrogen and oxygen atoms in total. The van der Waals surface area contributed by atoms with Gasteiger partial charge in [-0.1, -0.05) is 0 Å². The van der Waals surface area contributed by atoms with Gasteiger partial charge in [-0.15, -0.1) is 0 Å². The van der Waals surface area contributed by atoms with Gasteiger partial charge in [-0.25, -0.2) is 0 Å². The predicted molar refractivity (Wildman–Crippen MR) is 75.5 cm³/mol. The molecule has 1 aliphatic carbocycles. The molecule has 3 aliphatic rings. The van der Waals surface area contributed by atoms with Crippen molar-refractivity contribution in [2.75, 3.05) is 13.8 Å². The zero-order chi connectivity index (χ0) is 15.6. The van der Waals surface area contributed by atoms with Crippen LogP contribution in [0.2, 0.25) is 0 Å². The number of ether oxygens (including phenoxy) is 2. The van der Waals surface area contributed by atoms with Crippen LogP contribution in [-0.2, 0) is 6.54 Å². The molecule has 0 bridgehead atoms. The van der Waals surface area contributed by atoms with Crippen molar-refractivity contribution >= 4 is 5.57 Å². The van der Waals surface area contributed by atoms with Crippen LogP contribution in [-0.4, -0.2) is 63.5 Å². The number of aliphatic hydroxyl groups is 3. The van der Waals surface area contributed by atoms with Gasteiger partial charge in [0.25, 0.3) is 0 Å². The van der Waals surface area contributed by atoms with E-state index in [1.807, 2.05) is 4.90 Å². The molecule has 4 rings (SSSR count). The molecule has 7 heteroatoms. The number of hydrogen-bond donors (Lipinski definition) is 4. The summed E-state index contributed by atoms with van der Waals surface area (Å²) in [4.78, 5) is 1.83. The summed E-state index contributed by atoms with van der Waals surface area (Å²) >= 11 is 0. The second-order valence-electron chi connectivity index (χ2n) is 5.94. The lowest BCUT2D eigenvalue weighted by Gasteiger charge is -2.44. The lowest BCUT2D eigenvalue weighted by Crippen LogP contribution is -2.55. The third-order valence-electron chi connectivity index (χ3n) is 4.63. The van der Waals surface area contributed by atoms with Crippen LogP contribution in [0.15, 0.2) is 12.1 Å². The Morgan fingerprint density at radius 1 is 1.18 bits per heavy atom. The first-order valence-electron chi connectivity index (χ1n) is 7.10. The Morgan fingerprint density at radius 3 is 2.73 bits per heavy atom. The number of nitrogens with zero attached hydrogens (tertiary/aromatic N) is 1. The largest absolute Gasteiger partial charge is 0.504 e. The first-order chi connectivity index (χ1) is 10.5. The van der Waals surface area contributed by atoms with Crippen molar-refractivity contribution in [2.45, 2.75) is 30.9 Å². The van der Waals surface area contributed by atoms with Gasteiger partial charge < -0.3 is 29.9 Å². The van der Waals surface area contributed by atoms with Gasteiger partial charge in [0.2, 0.25) is 12.5 Å². The van der Waals surface area contributed by atoms with E-state index in [0.717, 1.165) is 0 Å². The quantitative estimate of drug-likeness (QED) is 0.508. The van der Waals surface area contributed by atoms with Crippen LogP contribution < -0.4 is 9.47 Å². The van der Waals surface area contributed by atoms with Gasteiger partial charge in [-0.05, 0) is 30.3 Å². The summed E-state index contributed by atoms with van der Waals surface area (Å²) in [5.74, 6) is 0.782. The summed E-state index contributed by atoms with van der Waals surface area (Å²) in [7, 11) is 1.79. The van der Waals surface area contributed by atoms with Gasteiger partial charge in [0.1, 0.15) is 18.3 Å². The summed E-state index contributed by atoms with van der Waals surface area (Å²) in [6, 6.07) is 1.30. The molecule has 1 aromatic carbocycles. The Kier molecular flexibility index (Phi) is 2.89. The molecule has 0 unspecified atom stereocenters. The van der Waals surface area contributed by atoms with Gasteiger partial charge in [-0.2, -0.15) is 0 Å². The van der Waals surface area contributed by atoms with Crippen LogP contribution in [0, 0.1) is 0 Å². The molecule has 0 amide bonds. The smallest absolute Gasteiger partial charge is 0.231 e. The highest BCUT2D eigenvalue weighted by atomic mass is 16.7. The number of rotatable bonds is 0. The molecule has 0 spiro atoms. The third kappa shape index (κ3) is 1.70. The first-order valence-corrected chi connectivity index (χ1v) is 7.10. The topological polar surface area (TPSA) is 103 Å². The van der Waals surface area contributed by atoms with E-state index in [1.165, 1.54) is 6.08 Å². The molecule has 4 N–H and O–H groups in total. The van der Waals surface area contributed by atoms with E-state index in [-0.39, 0.29) is 12.5 Å². The van der Waals surface area contributed by atoms with E-state index >= 15 is 0 Å². The average Bonchev–Trinajstić information content (AvgIpc) is 2.95. The van der Waals surface area contributed by atoms with E-state index in [4.69, 9.17) is 9.47 Å². The Labute approximate surface area is 126 Å². The van der Waals surface area contributed by atoms with E-state index < -0.39 is 24.4 Å². The number of fused-ring (bicyclic) bond motifs is 4. The van der Waals surface area contributed by atoms with Gasteiger partial charge in [0, 0.05) is 12.1 Å². The van der Waals surface area contributed by atoms with Gasteiger partial charge in [0.05, 0.1) is 6.04 Å². The molecule has 0 fully saturated rings. The van der Waals surface area contributed by atoms with Crippen molar-refractivity contribution in [1.82, 2.24) is 4.90 Å². The van der Waals surface area contributed by atoms with Crippen molar-refractivity contribution in [3.8, 4) is 17.2 Å². The molecule has 1 aromatic rings. The van der Waals surface area contributed by atoms with Crippen molar-refractivity contribution in [3.05, 3.63) is 23.3 Å². The Balaban J connectivity index is 1.93. The average molecular weight is 307 g/mol. The summed E-state index contributed by atoms with van der Waals surface area (Å²) in [6.45, 7) is 0.438. The Bertz CT molecular complexity index is 672. The molecular weight excluding hydrogens is 290 g/mol. The molecular formula is C15H17NO6. The highest BCUT2D eigenvalue weighted by molar-refractivity contribution is 5.80. The molecule has 0 radical (unpaired) electrons. The number of likely N-dealkylation sites (N-methyl/N-ethyl adjacent to an activating group) is 1.